The molecule has 0 spiro atoms. The lowest BCUT2D eigenvalue weighted by Crippen LogP contribution is -2.42. The van der Waals surface area contributed by atoms with E-state index in [1.54, 1.807) is 0 Å². The Kier molecular flexibility index (Phi) is 5.96. The van der Waals surface area contributed by atoms with Crippen LogP contribution in [0, 0.1) is 11.8 Å². The van der Waals surface area contributed by atoms with Crippen LogP contribution >= 0.6 is 0 Å². The Bertz CT molecular complexity index is 232. The van der Waals surface area contributed by atoms with Gasteiger partial charge in [-0.05, 0) is 50.5 Å². The van der Waals surface area contributed by atoms with Crippen LogP contribution in [0.15, 0.2) is 0 Å². The third-order valence-corrected chi connectivity index (χ3v) is 4.05. The molecule has 1 aliphatic carbocycles. The molecule has 0 aromatic heterocycles. The van der Waals surface area contributed by atoms with Crippen molar-refractivity contribution >= 4 is 5.97 Å². The third kappa shape index (κ3) is 4.66. The van der Waals surface area contributed by atoms with Crippen LogP contribution in [0.25, 0.3) is 0 Å². The first kappa shape index (κ1) is 14.5. The van der Waals surface area contributed by atoms with Crippen LogP contribution in [0.4, 0.5) is 0 Å². The SMILES string of the molecule is CCCN(CC(=O)O)C1CCC(C(C)C)CC1. The standard InChI is InChI=1S/C14H27NO2/c1-4-9-15(10-14(16)17)13-7-5-12(6-8-13)11(2)3/h11-13H,4-10H2,1-3H3,(H,16,17). The van der Waals surface area contributed by atoms with Crippen molar-refractivity contribution in [2.75, 3.05) is 13.1 Å². The average Bonchev–Trinajstić information content (AvgIpc) is 2.28. The molecule has 0 bridgehead atoms. The molecule has 0 atom stereocenters. The van der Waals surface area contributed by atoms with Crippen LogP contribution in [-0.4, -0.2) is 35.1 Å². The van der Waals surface area contributed by atoms with E-state index in [-0.39, 0.29) is 6.54 Å². The lowest BCUT2D eigenvalue weighted by atomic mass is 9.79. The summed E-state index contributed by atoms with van der Waals surface area (Å²) in [6, 6.07) is 0.501. The van der Waals surface area contributed by atoms with E-state index >= 15 is 0 Å². The normalized spacial score (nSPS) is 25.5. The van der Waals surface area contributed by atoms with Gasteiger partial charge in [0.15, 0.2) is 0 Å². The van der Waals surface area contributed by atoms with Crippen molar-refractivity contribution in [1.82, 2.24) is 4.90 Å². The van der Waals surface area contributed by atoms with Crippen molar-refractivity contribution in [3.05, 3.63) is 0 Å². The van der Waals surface area contributed by atoms with E-state index in [4.69, 9.17) is 5.11 Å². The predicted molar refractivity (Wildman–Crippen MR) is 70.1 cm³/mol. The number of carbonyl (C=O) groups is 1. The highest BCUT2D eigenvalue weighted by Gasteiger charge is 2.27. The minimum Gasteiger partial charge on any atom is -0.480 e. The molecule has 0 unspecified atom stereocenters. The van der Waals surface area contributed by atoms with Crippen LogP contribution in [-0.2, 0) is 4.79 Å². The van der Waals surface area contributed by atoms with Crippen LogP contribution < -0.4 is 0 Å². The molecular weight excluding hydrogens is 214 g/mol. The van der Waals surface area contributed by atoms with E-state index in [0.29, 0.717) is 6.04 Å². The number of aliphatic carboxylic acids is 1. The third-order valence-electron chi connectivity index (χ3n) is 4.05. The van der Waals surface area contributed by atoms with Crippen molar-refractivity contribution in [2.45, 2.75) is 58.9 Å². The summed E-state index contributed by atoms with van der Waals surface area (Å²) in [5, 5.41) is 8.94. The summed E-state index contributed by atoms with van der Waals surface area (Å²) in [6.07, 6.45) is 5.92. The van der Waals surface area contributed by atoms with Crippen LogP contribution in [0.5, 0.6) is 0 Å². The van der Waals surface area contributed by atoms with Crippen molar-refractivity contribution in [1.29, 1.82) is 0 Å². The molecule has 0 aromatic rings. The Hall–Kier alpha value is -0.570. The Morgan fingerprint density at radius 2 is 1.88 bits per heavy atom. The molecule has 0 heterocycles. The number of hydrogen-bond donors (Lipinski definition) is 1. The molecule has 0 aromatic carbocycles. The summed E-state index contributed by atoms with van der Waals surface area (Å²) in [4.78, 5) is 13.0. The van der Waals surface area contributed by atoms with Gasteiger partial charge in [0.2, 0.25) is 0 Å². The molecule has 1 N–H and O–H groups in total. The maximum absolute atomic E-state index is 10.9. The summed E-state index contributed by atoms with van der Waals surface area (Å²) < 4.78 is 0. The first-order valence-electron chi connectivity index (χ1n) is 7.00. The van der Waals surface area contributed by atoms with Crippen molar-refractivity contribution in [3.8, 4) is 0 Å². The fourth-order valence-electron chi connectivity index (χ4n) is 2.99. The molecule has 100 valence electrons. The number of carboxylic acids is 1. The topological polar surface area (TPSA) is 40.5 Å². The molecule has 1 fully saturated rings. The van der Waals surface area contributed by atoms with Gasteiger partial charge in [-0.2, -0.15) is 0 Å². The maximum Gasteiger partial charge on any atom is 0.317 e. The lowest BCUT2D eigenvalue weighted by molar-refractivity contribution is -0.139. The summed E-state index contributed by atoms with van der Waals surface area (Å²) in [7, 11) is 0. The van der Waals surface area contributed by atoms with E-state index in [9.17, 15) is 4.79 Å². The lowest BCUT2D eigenvalue weighted by Gasteiger charge is -2.37. The van der Waals surface area contributed by atoms with Crippen LogP contribution in [0.2, 0.25) is 0 Å². The van der Waals surface area contributed by atoms with Gasteiger partial charge in [-0.1, -0.05) is 20.8 Å². The van der Waals surface area contributed by atoms with Gasteiger partial charge in [0, 0.05) is 6.04 Å². The highest BCUT2D eigenvalue weighted by atomic mass is 16.4. The van der Waals surface area contributed by atoms with Gasteiger partial charge < -0.3 is 5.11 Å². The van der Waals surface area contributed by atoms with Crippen molar-refractivity contribution < 1.29 is 9.90 Å². The Labute approximate surface area is 105 Å². The molecule has 0 saturated heterocycles. The molecule has 0 amide bonds. The summed E-state index contributed by atoms with van der Waals surface area (Å²) in [6.45, 7) is 7.85. The van der Waals surface area contributed by atoms with E-state index < -0.39 is 5.97 Å². The molecule has 0 aliphatic heterocycles. The second-order valence-corrected chi connectivity index (χ2v) is 5.68. The van der Waals surface area contributed by atoms with Gasteiger partial charge in [0.05, 0.1) is 6.54 Å². The Morgan fingerprint density at radius 3 is 2.29 bits per heavy atom. The van der Waals surface area contributed by atoms with Crippen molar-refractivity contribution in [3.63, 3.8) is 0 Å². The van der Waals surface area contributed by atoms with Crippen molar-refractivity contribution in [2.24, 2.45) is 11.8 Å². The van der Waals surface area contributed by atoms with Gasteiger partial charge in [0.25, 0.3) is 0 Å². The monoisotopic (exact) mass is 241 g/mol. The van der Waals surface area contributed by atoms with Gasteiger partial charge in [-0.15, -0.1) is 0 Å². The van der Waals surface area contributed by atoms with Gasteiger partial charge in [-0.25, -0.2) is 0 Å². The fraction of sp³-hybridized carbons (Fsp3) is 0.929. The predicted octanol–water partition coefficient (Wildman–Crippen LogP) is 3.00. The van der Waals surface area contributed by atoms with Crippen LogP contribution in [0.1, 0.15) is 52.9 Å². The van der Waals surface area contributed by atoms with E-state index in [0.717, 1.165) is 24.8 Å². The van der Waals surface area contributed by atoms with E-state index in [1.165, 1.54) is 25.7 Å². The fourth-order valence-corrected chi connectivity index (χ4v) is 2.99. The summed E-state index contributed by atoms with van der Waals surface area (Å²) >= 11 is 0. The summed E-state index contributed by atoms with van der Waals surface area (Å²) in [5.74, 6) is 0.930. The van der Waals surface area contributed by atoms with Gasteiger partial charge >= 0.3 is 5.97 Å². The quantitative estimate of drug-likeness (QED) is 0.777. The average molecular weight is 241 g/mol. The van der Waals surface area contributed by atoms with Gasteiger partial charge in [0.1, 0.15) is 0 Å². The minimum absolute atomic E-state index is 0.213. The maximum atomic E-state index is 10.9. The Balaban J connectivity index is 2.45. The summed E-state index contributed by atoms with van der Waals surface area (Å²) in [5.41, 5.74) is 0. The second-order valence-electron chi connectivity index (χ2n) is 5.68. The highest BCUT2D eigenvalue weighted by molar-refractivity contribution is 5.69. The molecule has 1 rings (SSSR count). The zero-order valence-electron chi connectivity index (χ0n) is 11.5. The first-order valence-corrected chi connectivity index (χ1v) is 7.00. The van der Waals surface area contributed by atoms with Crippen LogP contribution in [0.3, 0.4) is 0 Å². The minimum atomic E-state index is -0.690. The molecule has 1 saturated carbocycles. The molecule has 3 heteroatoms. The highest BCUT2D eigenvalue weighted by Crippen LogP contribution is 2.32. The van der Waals surface area contributed by atoms with E-state index in [2.05, 4.69) is 25.7 Å². The molecule has 17 heavy (non-hydrogen) atoms. The first-order chi connectivity index (χ1) is 8.04. The van der Waals surface area contributed by atoms with Gasteiger partial charge in [-0.3, -0.25) is 9.69 Å². The zero-order chi connectivity index (χ0) is 12.8. The number of carboxylic acid groups (broad SMARTS) is 1. The largest absolute Gasteiger partial charge is 0.480 e. The molecule has 0 radical (unpaired) electrons. The number of rotatable bonds is 6. The van der Waals surface area contributed by atoms with E-state index in [1.807, 2.05) is 0 Å². The molecule has 1 aliphatic rings. The number of hydrogen-bond acceptors (Lipinski definition) is 2. The number of nitrogens with zero attached hydrogens (tertiary/aromatic N) is 1. The smallest absolute Gasteiger partial charge is 0.317 e. The Morgan fingerprint density at radius 1 is 1.29 bits per heavy atom. The zero-order valence-corrected chi connectivity index (χ0v) is 11.5. The molecular formula is C14H27NO2. The second kappa shape index (κ2) is 7.00. The molecule has 3 nitrogen and oxygen atoms in total.